The monoisotopic (exact) mass is 304 g/mol. The minimum absolute atomic E-state index is 0.0904. The van der Waals surface area contributed by atoms with Gasteiger partial charge in [0, 0.05) is 6.42 Å². The van der Waals surface area contributed by atoms with Gasteiger partial charge >= 0.3 is 11.9 Å². The van der Waals surface area contributed by atoms with Crippen LogP contribution in [0.25, 0.3) is 0 Å². The van der Waals surface area contributed by atoms with Crippen LogP contribution in [0, 0.1) is 10.8 Å². The van der Waals surface area contributed by atoms with Crippen LogP contribution in [-0.4, -0.2) is 33.7 Å². The number of ketones is 2. The van der Waals surface area contributed by atoms with E-state index >= 15 is 0 Å². The van der Waals surface area contributed by atoms with Crippen molar-refractivity contribution in [2.45, 2.75) is 61.8 Å². The van der Waals surface area contributed by atoms with Gasteiger partial charge in [-0.1, -0.05) is 0 Å². The lowest BCUT2D eigenvalue weighted by Gasteiger charge is -2.15. The van der Waals surface area contributed by atoms with Gasteiger partial charge in [0.1, 0.15) is 11.6 Å². The molecule has 0 heterocycles. The smallest absolute Gasteiger partial charge is 0.309 e. The zero-order chi connectivity index (χ0) is 18.0. The first-order valence-corrected chi connectivity index (χ1v) is 6.47. The summed E-state index contributed by atoms with van der Waals surface area (Å²) in [6, 6.07) is 0. The SMILES string of the molecule is CC(=O)CC(C)(C)C(=O)O.CC(C)(C)C(=O)O.CC(C)=O. The molecule has 0 bridgehead atoms. The van der Waals surface area contributed by atoms with Crippen molar-refractivity contribution in [1.82, 2.24) is 0 Å². The van der Waals surface area contributed by atoms with Crippen molar-refractivity contribution >= 4 is 23.5 Å². The van der Waals surface area contributed by atoms with E-state index in [4.69, 9.17) is 10.2 Å². The second-order valence-electron chi connectivity index (χ2n) is 6.53. The number of rotatable bonds is 3. The van der Waals surface area contributed by atoms with Gasteiger partial charge in [0.15, 0.2) is 0 Å². The molecule has 0 unspecified atom stereocenters. The highest BCUT2D eigenvalue weighted by molar-refractivity contribution is 5.84. The predicted molar refractivity (Wildman–Crippen MR) is 80.2 cm³/mol. The van der Waals surface area contributed by atoms with E-state index < -0.39 is 22.8 Å². The van der Waals surface area contributed by atoms with Gasteiger partial charge in [-0.2, -0.15) is 0 Å². The summed E-state index contributed by atoms with van der Waals surface area (Å²) in [6.07, 6.45) is 0.0995. The van der Waals surface area contributed by atoms with Crippen LogP contribution in [0.3, 0.4) is 0 Å². The van der Waals surface area contributed by atoms with Gasteiger partial charge in [0.05, 0.1) is 10.8 Å². The Morgan fingerprint density at radius 3 is 1.05 bits per heavy atom. The van der Waals surface area contributed by atoms with E-state index in [-0.39, 0.29) is 18.0 Å². The summed E-state index contributed by atoms with van der Waals surface area (Å²) in [5.74, 6) is -1.61. The van der Waals surface area contributed by atoms with E-state index in [1.807, 2.05) is 0 Å². The molecule has 0 aromatic carbocycles. The van der Waals surface area contributed by atoms with Crippen LogP contribution in [-0.2, 0) is 19.2 Å². The number of hydrogen-bond donors (Lipinski definition) is 2. The van der Waals surface area contributed by atoms with Crippen LogP contribution in [0.1, 0.15) is 61.8 Å². The molecular weight excluding hydrogens is 276 g/mol. The van der Waals surface area contributed by atoms with Crippen molar-refractivity contribution < 1.29 is 29.4 Å². The standard InChI is InChI=1S/C7H12O3.C5H10O2.C3H6O/c1-5(8)4-7(2,3)6(9)10;1-5(2,3)4(6)7;1-3(2)4/h4H2,1-3H3,(H,9,10);1-3H3,(H,6,7);1-2H3. The van der Waals surface area contributed by atoms with Crippen molar-refractivity contribution in [3.63, 3.8) is 0 Å². The molecule has 0 fully saturated rings. The highest BCUT2D eigenvalue weighted by atomic mass is 16.4. The third kappa shape index (κ3) is 20.8. The van der Waals surface area contributed by atoms with E-state index in [1.54, 1.807) is 20.8 Å². The first-order chi connectivity index (χ1) is 9.04. The van der Waals surface area contributed by atoms with Crippen molar-refractivity contribution in [2.75, 3.05) is 0 Å². The van der Waals surface area contributed by atoms with E-state index in [0.717, 1.165) is 0 Å². The van der Waals surface area contributed by atoms with E-state index in [0.29, 0.717) is 0 Å². The Hall–Kier alpha value is -1.72. The summed E-state index contributed by atoms with van der Waals surface area (Å²) in [6.45, 7) is 12.5. The van der Waals surface area contributed by atoms with Crippen LogP contribution in [0.2, 0.25) is 0 Å². The topological polar surface area (TPSA) is 109 Å². The lowest BCUT2D eigenvalue weighted by Crippen LogP contribution is -2.25. The van der Waals surface area contributed by atoms with E-state index in [1.165, 1.54) is 34.6 Å². The molecule has 124 valence electrons. The fourth-order valence-electron chi connectivity index (χ4n) is 0.698. The molecule has 0 radical (unpaired) electrons. The maximum absolute atomic E-state index is 10.5. The molecular formula is C15H28O6. The minimum Gasteiger partial charge on any atom is -0.481 e. The van der Waals surface area contributed by atoms with Crippen LogP contribution in [0.4, 0.5) is 0 Å². The van der Waals surface area contributed by atoms with Crippen LogP contribution >= 0.6 is 0 Å². The quantitative estimate of drug-likeness (QED) is 0.829. The largest absolute Gasteiger partial charge is 0.481 e. The first kappa shape index (κ1) is 24.3. The summed E-state index contributed by atoms with van der Waals surface area (Å²) in [5, 5.41) is 16.8. The van der Waals surface area contributed by atoms with Crippen molar-refractivity contribution in [3.05, 3.63) is 0 Å². The maximum Gasteiger partial charge on any atom is 0.309 e. The van der Waals surface area contributed by atoms with Gasteiger partial charge in [-0.3, -0.25) is 14.4 Å². The third-order valence-corrected chi connectivity index (χ3v) is 1.91. The Labute approximate surface area is 126 Å². The highest BCUT2D eigenvalue weighted by Crippen LogP contribution is 2.20. The first-order valence-electron chi connectivity index (χ1n) is 6.47. The van der Waals surface area contributed by atoms with Crippen LogP contribution < -0.4 is 0 Å². The summed E-state index contributed by atoms with van der Waals surface area (Å²) in [5.41, 5.74) is -1.49. The van der Waals surface area contributed by atoms with E-state index in [9.17, 15) is 19.2 Å². The molecule has 0 saturated carbocycles. The Kier molecular flexibility index (Phi) is 11.7. The van der Waals surface area contributed by atoms with Gasteiger partial charge < -0.3 is 15.0 Å². The second-order valence-corrected chi connectivity index (χ2v) is 6.53. The number of Topliss-reactive ketones (excluding diaryl/α,β-unsaturated/α-hetero) is 2. The average molecular weight is 304 g/mol. The van der Waals surface area contributed by atoms with E-state index in [2.05, 4.69) is 0 Å². The number of aliphatic carboxylic acids is 2. The molecule has 0 spiro atoms. The maximum atomic E-state index is 10.5. The zero-order valence-electron chi connectivity index (χ0n) is 14.2. The molecule has 0 saturated heterocycles. The summed E-state index contributed by atoms with van der Waals surface area (Å²) in [4.78, 5) is 40.4. The van der Waals surface area contributed by atoms with Crippen LogP contribution in [0.5, 0.6) is 0 Å². The van der Waals surface area contributed by atoms with Crippen molar-refractivity contribution in [3.8, 4) is 0 Å². The number of carboxylic acids is 2. The van der Waals surface area contributed by atoms with Crippen molar-refractivity contribution in [2.24, 2.45) is 10.8 Å². The fraction of sp³-hybridized carbons (Fsp3) is 0.733. The van der Waals surface area contributed by atoms with Gasteiger partial charge in [-0.05, 0) is 55.4 Å². The number of carbonyl (C=O) groups excluding carboxylic acids is 2. The molecule has 0 atom stereocenters. The second kappa shape index (κ2) is 10.1. The molecule has 2 N–H and O–H groups in total. The predicted octanol–water partition coefficient (Wildman–Crippen LogP) is 2.79. The molecule has 0 aromatic heterocycles. The molecule has 6 heteroatoms. The normalized spacial score (nSPS) is 10.3. The van der Waals surface area contributed by atoms with Gasteiger partial charge in [0.25, 0.3) is 0 Å². The fourth-order valence-corrected chi connectivity index (χ4v) is 0.698. The Morgan fingerprint density at radius 1 is 0.762 bits per heavy atom. The summed E-state index contributed by atoms with van der Waals surface area (Å²) >= 11 is 0. The Balaban J connectivity index is -0.000000256. The summed E-state index contributed by atoms with van der Waals surface area (Å²) < 4.78 is 0. The molecule has 0 rings (SSSR count). The molecule has 0 aliphatic heterocycles. The third-order valence-electron chi connectivity index (χ3n) is 1.91. The Bertz CT molecular complexity index is 370. The lowest BCUT2D eigenvalue weighted by molar-refractivity contribution is -0.149. The molecule has 0 aliphatic carbocycles. The van der Waals surface area contributed by atoms with Gasteiger partial charge in [-0.25, -0.2) is 0 Å². The van der Waals surface area contributed by atoms with Gasteiger partial charge in [-0.15, -0.1) is 0 Å². The molecule has 6 nitrogen and oxygen atoms in total. The number of hydrogen-bond acceptors (Lipinski definition) is 4. The summed E-state index contributed by atoms with van der Waals surface area (Å²) in [7, 11) is 0. The minimum atomic E-state index is -0.928. The Morgan fingerprint density at radius 2 is 1.00 bits per heavy atom. The molecule has 0 aliphatic rings. The lowest BCUT2D eigenvalue weighted by atomic mass is 9.88. The van der Waals surface area contributed by atoms with Crippen LogP contribution in [0.15, 0.2) is 0 Å². The zero-order valence-corrected chi connectivity index (χ0v) is 14.2. The van der Waals surface area contributed by atoms with Crippen molar-refractivity contribution in [1.29, 1.82) is 0 Å². The number of carboxylic acid groups (broad SMARTS) is 2. The van der Waals surface area contributed by atoms with Gasteiger partial charge in [0.2, 0.25) is 0 Å². The molecule has 21 heavy (non-hydrogen) atoms. The highest BCUT2D eigenvalue weighted by Gasteiger charge is 2.28. The average Bonchev–Trinajstić information content (AvgIpc) is 2.13. The number of carbonyl (C=O) groups is 4. The molecule has 0 amide bonds. The molecule has 0 aromatic rings.